The molecule has 0 bridgehead atoms. The first kappa shape index (κ1) is 20.5. The molecule has 8 heteroatoms. The fraction of sp³-hybridized carbons (Fsp3) is 0.368. The average molecular weight is 380 g/mol. The number of nitrogens with one attached hydrogen (secondary N) is 2. The second-order valence-electron chi connectivity index (χ2n) is 5.63. The van der Waals surface area contributed by atoms with Crippen LogP contribution in [0.4, 0.5) is 13.2 Å². The summed E-state index contributed by atoms with van der Waals surface area (Å²) in [6, 6.07) is 10.6. The van der Waals surface area contributed by atoms with Gasteiger partial charge in [-0.3, -0.25) is 9.98 Å². The lowest BCUT2D eigenvalue weighted by Gasteiger charge is -2.13. The zero-order valence-corrected chi connectivity index (χ0v) is 15.1. The highest BCUT2D eigenvalue weighted by Gasteiger charge is 2.30. The molecule has 1 aromatic heterocycles. The lowest BCUT2D eigenvalue weighted by atomic mass is 10.2. The van der Waals surface area contributed by atoms with Crippen molar-refractivity contribution in [2.24, 2.45) is 4.99 Å². The molecule has 0 aliphatic rings. The van der Waals surface area contributed by atoms with E-state index in [-0.39, 0.29) is 12.4 Å². The van der Waals surface area contributed by atoms with Crippen molar-refractivity contribution in [3.05, 3.63) is 59.9 Å². The molecule has 2 N–H and O–H groups in total. The monoisotopic (exact) mass is 380 g/mol. The Labute approximate surface area is 156 Å². The largest absolute Gasteiger partial charge is 0.492 e. The predicted octanol–water partition coefficient (Wildman–Crippen LogP) is 3.28. The second kappa shape index (κ2) is 10.4. The lowest BCUT2D eigenvalue weighted by molar-refractivity contribution is -0.137. The van der Waals surface area contributed by atoms with Gasteiger partial charge in [0.1, 0.15) is 12.4 Å². The molecular weight excluding hydrogens is 357 g/mol. The maximum absolute atomic E-state index is 12.7. The van der Waals surface area contributed by atoms with E-state index in [1.54, 1.807) is 6.20 Å². The molecule has 2 rings (SSSR count). The Bertz CT molecular complexity index is 720. The number of benzene rings is 1. The summed E-state index contributed by atoms with van der Waals surface area (Å²) in [6.45, 7) is 3.84. The van der Waals surface area contributed by atoms with E-state index in [4.69, 9.17) is 4.74 Å². The molecular formula is C19H23F3N4O. The van der Waals surface area contributed by atoms with Crippen LogP contribution in [-0.2, 0) is 12.6 Å². The third kappa shape index (κ3) is 7.55. The van der Waals surface area contributed by atoms with E-state index >= 15 is 0 Å². The third-order valence-corrected chi connectivity index (χ3v) is 3.53. The summed E-state index contributed by atoms with van der Waals surface area (Å²) in [7, 11) is 0. The zero-order chi connectivity index (χ0) is 19.5. The lowest BCUT2D eigenvalue weighted by Crippen LogP contribution is -2.39. The number of aromatic nitrogens is 1. The van der Waals surface area contributed by atoms with Crippen LogP contribution in [-0.4, -0.2) is 37.2 Å². The van der Waals surface area contributed by atoms with E-state index in [1.807, 2.05) is 25.1 Å². The number of guanidine groups is 1. The molecule has 146 valence electrons. The topological polar surface area (TPSA) is 58.5 Å². The minimum absolute atomic E-state index is 0.184. The SMILES string of the molecule is CCNC(=NCCc1ccccn1)NCCOc1cccc(C(F)(F)F)c1. The molecule has 0 saturated heterocycles. The molecule has 0 aliphatic heterocycles. The number of rotatable bonds is 8. The first-order valence-electron chi connectivity index (χ1n) is 8.71. The Morgan fingerprint density at radius 3 is 2.70 bits per heavy atom. The van der Waals surface area contributed by atoms with E-state index in [0.717, 1.165) is 24.2 Å². The number of halogens is 3. The van der Waals surface area contributed by atoms with Crippen LogP contribution >= 0.6 is 0 Å². The number of ether oxygens (including phenoxy) is 1. The number of hydrogen-bond donors (Lipinski definition) is 2. The van der Waals surface area contributed by atoms with Crippen molar-refractivity contribution in [1.82, 2.24) is 15.6 Å². The maximum Gasteiger partial charge on any atom is 0.416 e. The van der Waals surface area contributed by atoms with Gasteiger partial charge in [-0.1, -0.05) is 12.1 Å². The molecule has 27 heavy (non-hydrogen) atoms. The van der Waals surface area contributed by atoms with Gasteiger partial charge in [-0.05, 0) is 37.3 Å². The summed E-state index contributed by atoms with van der Waals surface area (Å²) in [6.07, 6.45) is -1.91. The minimum atomic E-state index is -4.38. The van der Waals surface area contributed by atoms with Gasteiger partial charge in [-0.25, -0.2) is 0 Å². The van der Waals surface area contributed by atoms with Crippen LogP contribution in [0.3, 0.4) is 0 Å². The van der Waals surface area contributed by atoms with Crippen LogP contribution in [0.5, 0.6) is 5.75 Å². The van der Waals surface area contributed by atoms with Gasteiger partial charge in [0.2, 0.25) is 0 Å². The molecule has 5 nitrogen and oxygen atoms in total. The molecule has 0 saturated carbocycles. The Morgan fingerprint density at radius 1 is 1.15 bits per heavy atom. The summed E-state index contributed by atoms with van der Waals surface area (Å²) in [5, 5.41) is 6.20. The Morgan fingerprint density at radius 2 is 2.00 bits per heavy atom. The fourth-order valence-corrected chi connectivity index (χ4v) is 2.27. The normalized spacial score (nSPS) is 11.9. The quantitative estimate of drug-likeness (QED) is 0.419. The summed E-state index contributed by atoms with van der Waals surface area (Å²) in [4.78, 5) is 8.69. The molecule has 2 aromatic rings. The van der Waals surface area contributed by atoms with Crippen molar-refractivity contribution in [1.29, 1.82) is 0 Å². The maximum atomic E-state index is 12.7. The zero-order valence-electron chi connectivity index (χ0n) is 15.1. The van der Waals surface area contributed by atoms with Gasteiger partial charge in [0.25, 0.3) is 0 Å². The van der Waals surface area contributed by atoms with Gasteiger partial charge >= 0.3 is 6.18 Å². The summed E-state index contributed by atoms with van der Waals surface area (Å²) in [5.74, 6) is 0.810. The average Bonchev–Trinajstić information content (AvgIpc) is 2.65. The van der Waals surface area contributed by atoms with Gasteiger partial charge in [0.15, 0.2) is 5.96 Å². The van der Waals surface area contributed by atoms with E-state index in [0.29, 0.717) is 25.6 Å². The number of hydrogen-bond acceptors (Lipinski definition) is 3. The van der Waals surface area contributed by atoms with Crippen LogP contribution in [0.25, 0.3) is 0 Å². The number of alkyl halides is 3. The standard InChI is InChI=1S/C19H23F3N4O/c1-2-23-18(25-11-9-16-7-3-4-10-24-16)26-12-13-27-17-8-5-6-15(14-17)19(20,21)22/h3-8,10,14H,2,9,11-13H2,1H3,(H2,23,25,26). The molecule has 0 spiro atoms. The molecule has 0 fully saturated rings. The molecule has 1 heterocycles. The highest BCUT2D eigenvalue weighted by Crippen LogP contribution is 2.31. The first-order valence-corrected chi connectivity index (χ1v) is 8.71. The predicted molar refractivity (Wildman–Crippen MR) is 98.9 cm³/mol. The molecule has 0 amide bonds. The Kier molecular flexibility index (Phi) is 7.91. The van der Waals surface area contributed by atoms with Crippen LogP contribution in [0.1, 0.15) is 18.2 Å². The molecule has 0 radical (unpaired) electrons. The Hall–Kier alpha value is -2.77. The molecule has 0 unspecified atom stereocenters. The summed E-state index contributed by atoms with van der Waals surface area (Å²) in [5.41, 5.74) is 0.238. The van der Waals surface area contributed by atoms with Gasteiger partial charge in [-0.15, -0.1) is 0 Å². The van der Waals surface area contributed by atoms with Crippen molar-refractivity contribution in [2.75, 3.05) is 26.2 Å². The summed E-state index contributed by atoms with van der Waals surface area (Å²) < 4.78 is 43.5. The molecule has 0 atom stereocenters. The minimum Gasteiger partial charge on any atom is -0.492 e. The first-order chi connectivity index (χ1) is 13.0. The fourth-order valence-electron chi connectivity index (χ4n) is 2.27. The van der Waals surface area contributed by atoms with Gasteiger partial charge in [0.05, 0.1) is 12.1 Å². The number of nitrogens with zero attached hydrogens (tertiary/aromatic N) is 2. The van der Waals surface area contributed by atoms with Crippen molar-refractivity contribution in [2.45, 2.75) is 19.5 Å². The highest BCUT2D eigenvalue weighted by molar-refractivity contribution is 5.79. The van der Waals surface area contributed by atoms with Crippen LogP contribution in [0.2, 0.25) is 0 Å². The molecule has 1 aromatic carbocycles. The third-order valence-electron chi connectivity index (χ3n) is 3.53. The van der Waals surface area contributed by atoms with Crippen LogP contribution < -0.4 is 15.4 Å². The van der Waals surface area contributed by atoms with Gasteiger partial charge < -0.3 is 15.4 Å². The molecule has 0 aliphatic carbocycles. The van der Waals surface area contributed by atoms with Crippen LogP contribution in [0.15, 0.2) is 53.7 Å². The van der Waals surface area contributed by atoms with Gasteiger partial charge in [0, 0.05) is 31.4 Å². The number of pyridine rings is 1. The number of aliphatic imine (C=N–C) groups is 1. The highest BCUT2D eigenvalue weighted by atomic mass is 19.4. The van der Waals surface area contributed by atoms with Crippen molar-refractivity contribution in [3.8, 4) is 5.75 Å². The van der Waals surface area contributed by atoms with Crippen molar-refractivity contribution >= 4 is 5.96 Å². The summed E-state index contributed by atoms with van der Waals surface area (Å²) >= 11 is 0. The van der Waals surface area contributed by atoms with Crippen molar-refractivity contribution in [3.63, 3.8) is 0 Å². The van der Waals surface area contributed by atoms with E-state index < -0.39 is 11.7 Å². The van der Waals surface area contributed by atoms with Crippen LogP contribution in [0, 0.1) is 0 Å². The van der Waals surface area contributed by atoms with E-state index in [1.165, 1.54) is 12.1 Å². The second-order valence-corrected chi connectivity index (χ2v) is 5.63. The van der Waals surface area contributed by atoms with Crippen molar-refractivity contribution < 1.29 is 17.9 Å². The Balaban J connectivity index is 1.78. The van der Waals surface area contributed by atoms with E-state index in [2.05, 4.69) is 20.6 Å². The smallest absolute Gasteiger partial charge is 0.416 e. The van der Waals surface area contributed by atoms with Gasteiger partial charge in [-0.2, -0.15) is 13.2 Å². The van der Waals surface area contributed by atoms with E-state index in [9.17, 15) is 13.2 Å².